The molecule has 68 heteroatoms. The van der Waals surface area contributed by atoms with Crippen LogP contribution in [-0.4, -0.2) is 330 Å². The number of hydrogen-bond donors (Lipinski definition) is 7. The van der Waals surface area contributed by atoms with Crippen molar-refractivity contribution in [3.05, 3.63) is 216 Å². The number of thiazole rings is 3. The van der Waals surface area contributed by atoms with Crippen LogP contribution in [0.15, 0.2) is 125 Å². The second-order valence-electron chi connectivity index (χ2n) is 29.7. The first-order valence-electron chi connectivity index (χ1n) is 42.1. The van der Waals surface area contributed by atoms with E-state index in [1.54, 1.807) is 140 Å². The standard InChI is InChI=1S/C10H10ClN3O2S.C10H19N5O3.C9H12ClN5O2.C9H16N4O4.C8H10ClN5O2.C8H7ClN4S2.C8H9ClN4S.C7H14N4O3.C6H8ClN5O2S/c11-9-2-1-8(5-12-9)6-13-3-4-17-10(13)7-14(15)16;1-12-7-13(2)10(11-15(16)17)14(8-12)5-9-3-4-18-6-9;1-11-9(13-15(16)17)14(2)6-7-3-4-8(10)12-5-7;1-11-6-17-7-12(9(11)10-13(14)15)4-8-2-3-16-5-8;1-10-8(13-14(15)16)12-5-6-2-3-7(9)11-4-6;9-7-11-3-6(15-7)4-13-1-2-14-8(13)12-5-10;1-6(12-5-10)13(2)4-7-3-11-8(9)14-7;1-8-7(10-11(12)13)9-4-6-2-3-14-5-6;1-8-6(11-12(13)14)10-3-4-2-9-5(7)15-4/h1-2,5,7H,3-4,6H2;9H,3-8H2,1-2H3;3-5H,6H2,1-2H3,(H,11,13);8H,2-7H2,1H3;2-4H,5H2,1H3,(H2,10,12,13);3H,1-2,4H2;3H,4H2,1-2H3;6H,2-5H2,1H3,(H2,8,9,10);2H,3H2,1H3,(H2,8,10,11)/b10-7-;11-10+;;10-9+;;;;;. The van der Waals surface area contributed by atoms with Crippen LogP contribution in [0.3, 0.4) is 0 Å². The molecule has 0 radical (unpaired) electrons. The van der Waals surface area contributed by atoms with Crippen LogP contribution in [0.25, 0.3) is 0 Å². The number of aromatic nitrogens is 6. The predicted octanol–water partition coefficient (Wildman–Crippen LogP) is 7.64. The number of amidine groups is 2. The van der Waals surface area contributed by atoms with Gasteiger partial charge in [0.2, 0.25) is 12.4 Å². The first kappa shape index (κ1) is 121. The highest BCUT2D eigenvalue weighted by Gasteiger charge is 2.32. The summed E-state index contributed by atoms with van der Waals surface area (Å²) >= 11 is 41.3. The van der Waals surface area contributed by atoms with Gasteiger partial charge in [-0.05, 0) is 68.1 Å². The molecule has 7 N–H and O–H groups in total. The lowest BCUT2D eigenvalue weighted by Gasteiger charge is -2.40. The zero-order chi connectivity index (χ0) is 105. The fourth-order valence-corrected chi connectivity index (χ4v) is 17.6. The molecule has 3 unspecified atom stereocenters. The third-order valence-corrected chi connectivity index (χ3v) is 24.9. The van der Waals surface area contributed by atoms with Gasteiger partial charge in [0.25, 0.3) is 42.0 Å². The van der Waals surface area contributed by atoms with Crippen LogP contribution in [-0.2, 0) is 58.2 Å². The third kappa shape index (κ3) is 50.3. The molecule has 3 atom stereocenters. The Morgan fingerprint density at radius 1 is 0.503 bits per heavy atom. The topological polar surface area (TPSA) is 676 Å². The maximum atomic E-state index is 10.6. The van der Waals surface area contributed by atoms with Crippen molar-refractivity contribution >= 4 is 174 Å². The van der Waals surface area contributed by atoms with Crippen molar-refractivity contribution in [3.8, 4) is 12.4 Å². The number of thioether (sulfide) groups is 2. The molecule has 7 aliphatic rings. The third-order valence-electron chi connectivity index (χ3n) is 18.9. The monoisotopic (exact) mass is 2210 g/mol. The van der Waals surface area contributed by atoms with Gasteiger partial charge in [-0.2, -0.15) is 15.5 Å². The minimum Gasteiger partial charge on any atom is -0.381 e. The summed E-state index contributed by atoms with van der Waals surface area (Å²) in [5.74, 6) is 5.09. The molecule has 780 valence electrons. The van der Waals surface area contributed by atoms with Crippen molar-refractivity contribution in [1.82, 2.24) is 111 Å². The van der Waals surface area contributed by atoms with Crippen LogP contribution in [0.5, 0.6) is 0 Å². The van der Waals surface area contributed by atoms with Crippen LogP contribution >= 0.6 is 127 Å². The zero-order valence-electron chi connectivity index (χ0n) is 78.6. The molecule has 0 bridgehead atoms. The molecule has 143 heavy (non-hydrogen) atoms. The Morgan fingerprint density at radius 2 is 0.979 bits per heavy atom. The second-order valence-corrected chi connectivity index (χ2v) is 38.1. The first-order valence-corrected chi connectivity index (χ1v) is 48.7. The molecule has 13 rings (SSSR count). The number of guanidine groups is 6. The van der Waals surface area contributed by atoms with Gasteiger partial charge in [-0.25, -0.2) is 90.6 Å². The molecule has 7 saturated heterocycles. The molecule has 13 heterocycles. The summed E-state index contributed by atoms with van der Waals surface area (Å²) in [4.78, 5) is 122. The van der Waals surface area contributed by atoms with Crippen LogP contribution in [0, 0.1) is 111 Å². The van der Waals surface area contributed by atoms with Gasteiger partial charge < -0.3 is 95.4 Å². The summed E-state index contributed by atoms with van der Waals surface area (Å²) in [5, 5.41) is 126. The fraction of sp³-hybridized carbons (Fsp3) is 0.520. The number of aliphatic imine (C=N–C) groups is 2. The van der Waals surface area contributed by atoms with E-state index in [0.717, 1.165) is 126 Å². The van der Waals surface area contributed by atoms with Crippen LogP contribution < -0.4 is 37.2 Å². The highest BCUT2D eigenvalue weighted by atomic mass is 35.5. The van der Waals surface area contributed by atoms with E-state index in [-0.39, 0.29) is 23.8 Å². The van der Waals surface area contributed by atoms with Gasteiger partial charge in [0.05, 0.1) is 57.7 Å². The summed E-state index contributed by atoms with van der Waals surface area (Å²) in [6.45, 7) is 15.2. The van der Waals surface area contributed by atoms with Gasteiger partial charge in [0, 0.05) is 210 Å². The Morgan fingerprint density at radius 3 is 1.44 bits per heavy atom. The number of pyridine rings is 3. The minimum absolute atomic E-state index is 0.0833. The molecule has 0 saturated carbocycles. The van der Waals surface area contributed by atoms with E-state index in [2.05, 4.69) is 118 Å². The molecule has 7 fully saturated rings. The number of nitrogens with zero attached hydrogens (tertiary/aromatic N) is 32. The van der Waals surface area contributed by atoms with Crippen molar-refractivity contribution in [2.45, 2.75) is 65.5 Å². The summed E-state index contributed by atoms with van der Waals surface area (Å²) in [6.07, 6.45) is 17.6. The molecule has 0 amide bonds. The maximum Gasteiger partial charge on any atom is 0.277 e. The van der Waals surface area contributed by atoms with Crippen LogP contribution in [0.1, 0.15) is 57.5 Å². The lowest BCUT2D eigenvalue weighted by molar-refractivity contribution is -0.486. The van der Waals surface area contributed by atoms with Crippen molar-refractivity contribution in [2.24, 2.45) is 58.3 Å². The van der Waals surface area contributed by atoms with Crippen molar-refractivity contribution in [2.75, 3.05) is 174 Å². The van der Waals surface area contributed by atoms with Gasteiger partial charge in [0.1, 0.15) is 70.4 Å². The minimum atomic E-state index is -0.779. The molecule has 7 aliphatic heterocycles. The zero-order valence-corrected chi connectivity index (χ0v) is 87.2. The summed E-state index contributed by atoms with van der Waals surface area (Å²) in [6, 6.07) is 10.5. The van der Waals surface area contributed by atoms with Gasteiger partial charge in [-0.1, -0.05) is 99.6 Å². The smallest absolute Gasteiger partial charge is 0.277 e. The highest BCUT2D eigenvalue weighted by molar-refractivity contribution is 8.14. The Labute approximate surface area is 869 Å². The number of nitriles is 2. The molecule has 6 aromatic rings. The summed E-state index contributed by atoms with van der Waals surface area (Å²) < 4.78 is 22.6. The average molecular weight is 2210 g/mol. The average Bonchev–Trinajstić information content (AvgIpc) is 1.62. The Bertz CT molecular complexity index is 5370. The molecule has 0 aliphatic carbocycles. The first-order chi connectivity index (χ1) is 68.3. The molecule has 6 aromatic heterocycles. The largest absolute Gasteiger partial charge is 0.381 e. The summed E-state index contributed by atoms with van der Waals surface area (Å²) in [5.41, 5.74) is 2.71. The van der Waals surface area contributed by atoms with E-state index >= 15 is 0 Å². The number of nitrogens with one attached hydrogen (secondary N) is 7. The van der Waals surface area contributed by atoms with E-state index in [9.17, 15) is 70.8 Å². The lowest BCUT2D eigenvalue weighted by Crippen LogP contribution is -2.57. The van der Waals surface area contributed by atoms with Gasteiger partial charge >= 0.3 is 0 Å². The number of hydrazone groups is 6. The van der Waals surface area contributed by atoms with Crippen molar-refractivity contribution in [3.63, 3.8) is 0 Å². The maximum absolute atomic E-state index is 10.6. The molecule has 0 spiro atoms. The van der Waals surface area contributed by atoms with Gasteiger partial charge in [-0.15, -0.1) is 50.8 Å². The number of nitro groups is 7. The Kier molecular flexibility index (Phi) is 56.7. The van der Waals surface area contributed by atoms with E-state index < -0.39 is 35.1 Å². The number of rotatable bonds is 25. The molecule has 0 aromatic carbocycles. The molecular weight excluding hydrogens is 2110 g/mol. The van der Waals surface area contributed by atoms with E-state index in [1.165, 1.54) is 59.9 Å². The fourth-order valence-electron chi connectivity index (χ4n) is 12.4. The Hall–Kier alpha value is -12.5. The van der Waals surface area contributed by atoms with E-state index in [4.69, 9.17) is 99.1 Å². The molecule has 57 nitrogen and oxygen atoms in total. The number of ether oxygens (including phenoxy) is 4. The van der Waals surface area contributed by atoms with E-state index in [1.807, 2.05) is 48.1 Å². The molecular formula is C75H105Cl6N39O18S5. The highest BCUT2D eigenvalue weighted by Crippen LogP contribution is 2.30. The van der Waals surface area contributed by atoms with Gasteiger partial charge in [-0.3, -0.25) is 15.0 Å². The lowest BCUT2D eigenvalue weighted by atomic mass is 10.1. The van der Waals surface area contributed by atoms with Gasteiger partial charge in [0.15, 0.2) is 48.8 Å². The summed E-state index contributed by atoms with van der Waals surface area (Å²) in [7, 11) is 15.3. The predicted molar refractivity (Wildman–Crippen MR) is 543 cm³/mol. The van der Waals surface area contributed by atoms with Crippen LogP contribution in [0.2, 0.25) is 28.9 Å². The van der Waals surface area contributed by atoms with E-state index in [0.29, 0.717) is 155 Å². The Balaban J connectivity index is 0.000000284. The van der Waals surface area contributed by atoms with Crippen LogP contribution in [0.4, 0.5) is 0 Å². The SMILES string of the molecule is CC(=NC#N)N(C)Cc1cnc(Cl)s1.CN/C(=N\[N+](=O)[O-])N(C)Cc1ccc(Cl)nc1.CN/C(=N\[N+](=O)[O-])NCC1CCOC1.CN/C(=N\[N+](=O)[O-])NCc1ccc(Cl)nc1.CN/C(=N\[N+](=O)[O-])NCc1cnc(Cl)s1.CN1CN(C)/C(=N\[N+](=O)[O-])N(CC2CCOC2)C1.CN1COCN(CC2CCOC2)/C1=N/[N+](=O)[O-].N#CN=C1SCCN1Cc1cnc(Cl)s1.O=[N+]([O-])/C=C1\SCCN1Cc1ccc(Cl)nc1. The van der Waals surface area contributed by atoms with Crippen molar-refractivity contribution in [1.29, 1.82) is 10.5 Å². The normalized spacial score (nSPS) is 17.9. The van der Waals surface area contributed by atoms with Crippen molar-refractivity contribution < 1.29 is 54.1 Å². The number of halogens is 6. The second kappa shape index (κ2) is 67.1. The quantitative estimate of drug-likeness (QED) is 0.00722. The number of hydrogen-bond acceptors (Lipinski definition) is 35.